The van der Waals surface area contributed by atoms with Gasteiger partial charge in [-0.3, -0.25) is 4.79 Å². The summed E-state index contributed by atoms with van der Waals surface area (Å²) in [6, 6.07) is 15.5. The van der Waals surface area contributed by atoms with Crippen molar-refractivity contribution in [3.8, 4) is 0 Å². The minimum atomic E-state index is 0.0897. The van der Waals surface area contributed by atoms with Crippen molar-refractivity contribution in [1.29, 1.82) is 0 Å². The number of ketones is 1. The fraction of sp³-hybridized carbons (Fsp3) is 0.188. The van der Waals surface area contributed by atoms with E-state index < -0.39 is 0 Å². The zero-order valence-electron chi connectivity index (χ0n) is 11.1. The highest BCUT2D eigenvalue weighted by molar-refractivity contribution is 6.30. The molecule has 0 fully saturated rings. The van der Waals surface area contributed by atoms with E-state index in [1.54, 1.807) is 6.92 Å². The molecule has 0 aromatic heterocycles. The van der Waals surface area contributed by atoms with Crippen LogP contribution in [0.3, 0.4) is 0 Å². The van der Waals surface area contributed by atoms with Crippen LogP contribution in [0.4, 0.5) is 5.69 Å². The maximum absolute atomic E-state index is 11.2. The summed E-state index contributed by atoms with van der Waals surface area (Å²) < 4.78 is 0. The van der Waals surface area contributed by atoms with E-state index in [0.717, 1.165) is 22.8 Å². The second kappa shape index (κ2) is 5.89. The highest BCUT2D eigenvalue weighted by atomic mass is 35.5. The van der Waals surface area contributed by atoms with Crippen LogP contribution in [0.15, 0.2) is 48.5 Å². The normalized spacial score (nSPS) is 10.3. The molecule has 0 spiro atoms. The molecule has 0 N–H and O–H groups in total. The summed E-state index contributed by atoms with van der Waals surface area (Å²) >= 11 is 5.87. The molecule has 2 rings (SSSR count). The number of hydrogen-bond acceptors (Lipinski definition) is 2. The third kappa shape index (κ3) is 3.58. The zero-order valence-corrected chi connectivity index (χ0v) is 11.8. The lowest BCUT2D eigenvalue weighted by molar-refractivity contribution is 0.101. The summed E-state index contributed by atoms with van der Waals surface area (Å²) in [6.45, 7) is 2.38. The molecule has 3 heteroatoms. The van der Waals surface area contributed by atoms with Crippen molar-refractivity contribution in [2.75, 3.05) is 11.9 Å². The maximum Gasteiger partial charge on any atom is 0.159 e. The van der Waals surface area contributed by atoms with Gasteiger partial charge in [0.2, 0.25) is 0 Å². The number of anilines is 1. The third-order valence-corrected chi connectivity index (χ3v) is 3.30. The summed E-state index contributed by atoms with van der Waals surface area (Å²) in [5.74, 6) is 0.0897. The topological polar surface area (TPSA) is 20.3 Å². The van der Waals surface area contributed by atoms with Gasteiger partial charge in [0, 0.05) is 29.9 Å². The van der Waals surface area contributed by atoms with Crippen LogP contribution >= 0.6 is 11.6 Å². The van der Waals surface area contributed by atoms with Crippen molar-refractivity contribution in [3.63, 3.8) is 0 Å². The molecule has 0 saturated heterocycles. The number of carbonyl (C=O) groups is 1. The van der Waals surface area contributed by atoms with Gasteiger partial charge in [-0.25, -0.2) is 0 Å². The van der Waals surface area contributed by atoms with Gasteiger partial charge >= 0.3 is 0 Å². The number of benzene rings is 2. The van der Waals surface area contributed by atoms with E-state index in [4.69, 9.17) is 11.6 Å². The second-order valence-corrected chi connectivity index (χ2v) is 5.02. The fourth-order valence-electron chi connectivity index (χ4n) is 1.91. The fourth-order valence-corrected chi connectivity index (χ4v) is 2.03. The average Bonchev–Trinajstić information content (AvgIpc) is 2.41. The van der Waals surface area contributed by atoms with Crippen LogP contribution in [0, 0.1) is 0 Å². The van der Waals surface area contributed by atoms with Gasteiger partial charge in [0.25, 0.3) is 0 Å². The maximum atomic E-state index is 11.2. The summed E-state index contributed by atoms with van der Waals surface area (Å²) in [5, 5.41) is 0.747. The zero-order chi connectivity index (χ0) is 13.8. The van der Waals surface area contributed by atoms with Gasteiger partial charge < -0.3 is 4.90 Å². The molecular formula is C16H16ClNO. The molecule has 0 amide bonds. The monoisotopic (exact) mass is 273 g/mol. The van der Waals surface area contributed by atoms with Crippen molar-refractivity contribution in [1.82, 2.24) is 0 Å². The second-order valence-electron chi connectivity index (χ2n) is 4.59. The number of carbonyl (C=O) groups excluding carboxylic acids is 1. The predicted molar refractivity (Wildman–Crippen MR) is 80.0 cm³/mol. The standard InChI is InChI=1S/C16H16ClNO/c1-12(19)14-5-9-16(10-6-14)18(2)11-13-3-7-15(17)8-4-13/h3-10H,11H2,1-2H3. The predicted octanol–water partition coefficient (Wildman–Crippen LogP) is 4.18. The van der Waals surface area contributed by atoms with Crippen LogP contribution in [0.5, 0.6) is 0 Å². The highest BCUT2D eigenvalue weighted by Crippen LogP contribution is 2.18. The molecule has 98 valence electrons. The summed E-state index contributed by atoms with van der Waals surface area (Å²) in [4.78, 5) is 13.4. The number of Topliss-reactive ketones (excluding diaryl/α,β-unsaturated/α-hetero) is 1. The molecule has 0 radical (unpaired) electrons. The van der Waals surface area contributed by atoms with Crippen molar-refractivity contribution in [2.45, 2.75) is 13.5 Å². The molecule has 2 aromatic rings. The molecule has 2 aromatic carbocycles. The Hall–Kier alpha value is -1.80. The Morgan fingerprint density at radius 1 is 1.05 bits per heavy atom. The van der Waals surface area contributed by atoms with E-state index in [9.17, 15) is 4.79 Å². The number of hydrogen-bond donors (Lipinski definition) is 0. The van der Waals surface area contributed by atoms with Crippen LogP contribution in [-0.2, 0) is 6.54 Å². The summed E-state index contributed by atoms with van der Waals surface area (Å²) in [6.07, 6.45) is 0. The molecule has 0 aliphatic rings. The van der Waals surface area contributed by atoms with Gasteiger partial charge in [0.05, 0.1) is 0 Å². The van der Waals surface area contributed by atoms with Crippen molar-refractivity contribution in [2.24, 2.45) is 0 Å². The molecular weight excluding hydrogens is 258 g/mol. The molecule has 0 heterocycles. The Balaban J connectivity index is 2.09. The van der Waals surface area contributed by atoms with Gasteiger partial charge in [-0.15, -0.1) is 0 Å². The first kappa shape index (κ1) is 13.6. The van der Waals surface area contributed by atoms with Crippen LogP contribution in [0.1, 0.15) is 22.8 Å². The molecule has 0 atom stereocenters. The molecule has 0 aliphatic carbocycles. The van der Waals surface area contributed by atoms with E-state index in [2.05, 4.69) is 4.90 Å². The molecule has 2 nitrogen and oxygen atoms in total. The Bertz CT molecular complexity index is 560. The van der Waals surface area contributed by atoms with Gasteiger partial charge in [-0.2, -0.15) is 0 Å². The molecule has 0 saturated carbocycles. The van der Waals surface area contributed by atoms with E-state index >= 15 is 0 Å². The first-order chi connectivity index (χ1) is 9.06. The quantitative estimate of drug-likeness (QED) is 0.779. The van der Waals surface area contributed by atoms with E-state index in [1.807, 2.05) is 55.6 Å². The lowest BCUT2D eigenvalue weighted by atomic mass is 10.1. The van der Waals surface area contributed by atoms with Crippen molar-refractivity contribution < 1.29 is 4.79 Å². The largest absolute Gasteiger partial charge is 0.370 e. The van der Waals surface area contributed by atoms with Crippen LogP contribution < -0.4 is 4.90 Å². The van der Waals surface area contributed by atoms with Crippen molar-refractivity contribution >= 4 is 23.1 Å². The summed E-state index contributed by atoms with van der Waals surface area (Å²) in [5.41, 5.74) is 3.02. The summed E-state index contributed by atoms with van der Waals surface area (Å²) in [7, 11) is 2.03. The van der Waals surface area contributed by atoms with Crippen LogP contribution in [0.25, 0.3) is 0 Å². The minimum absolute atomic E-state index is 0.0897. The van der Waals surface area contributed by atoms with Crippen LogP contribution in [-0.4, -0.2) is 12.8 Å². The first-order valence-electron chi connectivity index (χ1n) is 6.13. The van der Waals surface area contributed by atoms with Crippen molar-refractivity contribution in [3.05, 3.63) is 64.7 Å². The number of rotatable bonds is 4. The van der Waals surface area contributed by atoms with Gasteiger partial charge in [0.15, 0.2) is 5.78 Å². The molecule has 0 unspecified atom stereocenters. The first-order valence-corrected chi connectivity index (χ1v) is 6.50. The van der Waals surface area contributed by atoms with E-state index in [0.29, 0.717) is 0 Å². The van der Waals surface area contributed by atoms with Gasteiger partial charge in [0.1, 0.15) is 0 Å². The SMILES string of the molecule is CC(=O)c1ccc(N(C)Cc2ccc(Cl)cc2)cc1. The third-order valence-electron chi connectivity index (χ3n) is 3.05. The van der Waals surface area contributed by atoms with Gasteiger partial charge in [-0.05, 0) is 48.9 Å². The molecule has 19 heavy (non-hydrogen) atoms. The average molecular weight is 274 g/mol. The lowest BCUT2D eigenvalue weighted by Crippen LogP contribution is -2.16. The van der Waals surface area contributed by atoms with E-state index in [1.165, 1.54) is 5.56 Å². The van der Waals surface area contributed by atoms with Crippen LogP contribution in [0.2, 0.25) is 5.02 Å². The minimum Gasteiger partial charge on any atom is -0.370 e. The smallest absolute Gasteiger partial charge is 0.159 e. The Kier molecular flexibility index (Phi) is 4.23. The van der Waals surface area contributed by atoms with Gasteiger partial charge in [-0.1, -0.05) is 23.7 Å². The Morgan fingerprint density at radius 2 is 1.63 bits per heavy atom. The highest BCUT2D eigenvalue weighted by Gasteiger charge is 2.04. The number of nitrogens with zero attached hydrogens (tertiary/aromatic N) is 1. The molecule has 0 aliphatic heterocycles. The molecule has 0 bridgehead atoms. The number of halogens is 1. The Morgan fingerprint density at radius 3 is 2.16 bits per heavy atom. The van der Waals surface area contributed by atoms with E-state index in [-0.39, 0.29) is 5.78 Å². The Labute approximate surface area is 118 Å². The lowest BCUT2D eigenvalue weighted by Gasteiger charge is -2.19.